The molecule has 8 bridgehead atoms. The van der Waals surface area contributed by atoms with Gasteiger partial charge in [-0.25, -0.2) is 0 Å². The number of hydrogen-bond donors (Lipinski definition) is 0. The van der Waals surface area contributed by atoms with E-state index >= 15 is 0 Å². The van der Waals surface area contributed by atoms with Gasteiger partial charge in [-0.1, -0.05) is 27.7 Å². The standard InChI is InChI=1S/C26H26N4.Pt/c1-25(2)19-11-7-9-17(13-19)22-16-30(6)24(28-22)26(3,4)20-12-8-10-18(14-20)21-15-29(5)23(25)27-21;/h7-12,15-16H,1-6H3;/q-2;+2. The molecule has 3 heterocycles. The summed E-state index contributed by atoms with van der Waals surface area (Å²) in [6, 6.07) is 19.9. The molecule has 1 aliphatic heterocycles. The van der Waals surface area contributed by atoms with Crippen LogP contribution in [0.2, 0.25) is 0 Å². The predicted octanol–water partition coefficient (Wildman–Crippen LogP) is 5.05. The van der Waals surface area contributed by atoms with Gasteiger partial charge in [0.2, 0.25) is 0 Å². The molecule has 0 amide bonds. The number of aromatic nitrogens is 4. The first kappa shape index (κ1) is 21.8. The Morgan fingerprint density at radius 3 is 1.45 bits per heavy atom. The fourth-order valence-corrected chi connectivity index (χ4v) is 4.56. The molecule has 0 saturated heterocycles. The van der Waals surface area contributed by atoms with Crippen molar-refractivity contribution < 1.29 is 21.1 Å². The minimum Gasteiger partial charge on any atom is -0.346 e. The molecule has 0 aliphatic carbocycles. The van der Waals surface area contributed by atoms with E-state index in [-0.39, 0.29) is 31.9 Å². The summed E-state index contributed by atoms with van der Waals surface area (Å²) in [5, 5.41) is 0. The second kappa shape index (κ2) is 7.31. The first-order valence-corrected chi connectivity index (χ1v) is 10.3. The van der Waals surface area contributed by atoms with Gasteiger partial charge in [0.1, 0.15) is 11.6 Å². The number of imidazole rings is 2. The molecule has 0 saturated carbocycles. The van der Waals surface area contributed by atoms with Crippen molar-refractivity contribution >= 4 is 0 Å². The van der Waals surface area contributed by atoms with E-state index < -0.39 is 0 Å². The van der Waals surface area contributed by atoms with Crippen LogP contribution in [0.4, 0.5) is 0 Å². The molecule has 0 radical (unpaired) electrons. The maximum absolute atomic E-state index is 5.05. The van der Waals surface area contributed by atoms with Crippen LogP contribution < -0.4 is 0 Å². The molecule has 160 valence electrons. The molecule has 2 aromatic heterocycles. The summed E-state index contributed by atoms with van der Waals surface area (Å²) in [4.78, 5) is 10.1. The number of hydrogen-bond acceptors (Lipinski definition) is 2. The molecule has 0 N–H and O–H groups in total. The third kappa shape index (κ3) is 3.32. The van der Waals surface area contributed by atoms with E-state index in [0.29, 0.717) is 0 Å². The van der Waals surface area contributed by atoms with E-state index in [1.165, 1.54) is 0 Å². The Kier molecular flexibility index (Phi) is 5.13. The topological polar surface area (TPSA) is 35.6 Å². The van der Waals surface area contributed by atoms with Gasteiger partial charge in [0, 0.05) is 36.3 Å². The maximum Gasteiger partial charge on any atom is 2.00 e. The van der Waals surface area contributed by atoms with Gasteiger partial charge in [-0.2, -0.15) is 0 Å². The molecule has 0 atom stereocenters. The Bertz CT molecular complexity index is 1180. The van der Waals surface area contributed by atoms with Crippen molar-refractivity contribution in [2.45, 2.75) is 38.5 Å². The average Bonchev–Trinajstić information content (AvgIpc) is 3.31. The fourth-order valence-electron chi connectivity index (χ4n) is 4.56. The van der Waals surface area contributed by atoms with Crippen LogP contribution in [-0.2, 0) is 46.0 Å². The number of benzene rings is 2. The van der Waals surface area contributed by atoms with Crippen molar-refractivity contribution in [3.05, 3.63) is 83.7 Å². The van der Waals surface area contributed by atoms with Gasteiger partial charge in [-0.15, -0.1) is 70.8 Å². The Morgan fingerprint density at radius 2 is 1.06 bits per heavy atom. The average molecular weight is 590 g/mol. The van der Waals surface area contributed by atoms with Crippen molar-refractivity contribution in [2.75, 3.05) is 0 Å². The maximum atomic E-state index is 5.05. The van der Waals surface area contributed by atoms with Gasteiger partial charge >= 0.3 is 21.1 Å². The number of rotatable bonds is 0. The van der Waals surface area contributed by atoms with Crippen LogP contribution >= 0.6 is 0 Å². The summed E-state index contributed by atoms with van der Waals surface area (Å²) in [5.41, 5.74) is 5.47. The zero-order valence-corrected chi connectivity index (χ0v) is 21.0. The van der Waals surface area contributed by atoms with Crippen molar-refractivity contribution in [2.24, 2.45) is 14.1 Å². The zero-order chi connectivity index (χ0) is 21.3. The number of aryl methyl sites for hydroxylation is 2. The van der Waals surface area contributed by atoms with Gasteiger partial charge in [0.15, 0.2) is 0 Å². The van der Waals surface area contributed by atoms with Crippen LogP contribution in [0.5, 0.6) is 0 Å². The minimum atomic E-state index is -0.304. The first-order chi connectivity index (χ1) is 14.2. The molecule has 0 unspecified atom stereocenters. The zero-order valence-electron chi connectivity index (χ0n) is 18.7. The first-order valence-electron chi connectivity index (χ1n) is 10.3. The monoisotopic (exact) mass is 589 g/mol. The van der Waals surface area contributed by atoms with Crippen molar-refractivity contribution in [1.82, 2.24) is 19.1 Å². The van der Waals surface area contributed by atoms with E-state index in [1.807, 2.05) is 0 Å². The smallest absolute Gasteiger partial charge is 0.346 e. The molecular weight excluding hydrogens is 563 g/mol. The molecule has 0 fully saturated rings. The Balaban J connectivity index is 0.00000231. The van der Waals surface area contributed by atoms with E-state index in [1.54, 1.807) is 0 Å². The summed E-state index contributed by atoms with van der Waals surface area (Å²) in [7, 11) is 4.13. The quantitative estimate of drug-likeness (QED) is 0.269. The normalized spacial score (nSPS) is 15.7. The second-order valence-electron chi connectivity index (χ2n) is 9.33. The van der Waals surface area contributed by atoms with Crippen molar-refractivity contribution in [1.29, 1.82) is 0 Å². The summed E-state index contributed by atoms with van der Waals surface area (Å²) >= 11 is 0. The summed E-state index contributed by atoms with van der Waals surface area (Å²) in [6.07, 6.45) is 4.20. The minimum absolute atomic E-state index is 0. The largest absolute Gasteiger partial charge is 2.00 e. The molecular formula is C26H26N4Pt. The fraction of sp³-hybridized carbons (Fsp3) is 0.308. The molecule has 2 aromatic carbocycles. The van der Waals surface area contributed by atoms with Crippen LogP contribution in [0.25, 0.3) is 22.5 Å². The van der Waals surface area contributed by atoms with E-state index in [0.717, 1.165) is 45.3 Å². The SMILES string of the molecule is Cn1cc2nc1C(C)(C)c1[c-]c(ccc1)-c1cn(C)c(n1)C(C)(C)c1[c-]c-2ccc1.[Pt+2]. The molecule has 31 heavy (non-hydrogen) atoms. The molecule has 0 spiro atoms. The molecule has 5 rings (SSSR count). The summed E-state index contributed by atoms with van der Waals surface area (Å²) < 4.78 is 4.25. The van der Waals surface area contributed by atoms with Crippen LogP contribution in [0.15, 0.2) is 48.8 Å². The predicted molar refractivity (Wildman–Crippen MR) is 119 cm³/mol. The van der Waals surface area contributed by atoms with Gasteiger partial charge in [-0.3, -0.25) is 9.97 Å². The van der Waals surface area contributed by atoms with E-state index in [9.17, 15) is 0 Å². The van der Waals surface area contributed by atoms with E-state index in [2.05, 4.69) is 112 Å². The van der Waals surface area contributed by atoms with Gasteiger partial charge in [0.05, 0.1) is 0 Å². The Hall–Kier alpha value is -2.45. The third-order valence-electron chi connectivity index (χ3n) is 6.36. The third-order valence-corrected chi connectivity index (χ3v) is 6.36. The molecule has 5 heteroatoms. The van der Waals surface area contributed by atoms with Crippen LogP contribution in [0, 0.1) is 12.1 Å². The van der Waals surface area contributed by atoms with Gasteiger partial charge in [0.25, 0.3) is 0 Å². The second-order valence-corrected chi connectivity index (χ2v) is 9.33. The number of fused-ring (bicyclic) bond motifs is 10. The molecule has 1 aliphatic rings. The van der Waals surface area contributed by atoms with Gasteiger partial charge in [-0.05, 0) is 12.4 Å². The van der Waals surface area contributed by atoms with Crippen molar-refractivity contribution in [3.63, 3.8) is 0 Å². The van der Waals surface area contributed by atoms with E-state index in [4.69, 9.17) is 9.97 Å². The van der Waals surface area contributed by atoms with Crippen LogP contribution in [0.1, 0.15) is 50.5 Å². The van der Waals surface area contributed by atoms with Gasteiger partial charge < -0.3 is 9.13 Å². The summed E-state index contributed by atoms with van der Waals surface area (Å²) in [6.45, 7) is 8.81. The molecule has 4 aromatic rings. The Labute approximate surface area is 198 Å². The van der Waals surface area contributed by atoms with Crippen molar-refractivity contribution in [3.8, 4) is 22.5 Å². The van der Waals surface area contributed by atoms with Crippen LogP contribution in [0.3, 0.4) is 0 Å². The number of nitrogens with zero attached hydrogens (tertiary/aromatic N) is 4. The molecule has 4 nitrogen and oxygen atoms in total. The van der Waals surface area contributed by atoms with Crippen LogP contribution in [-0.4, -0.2) is 19.1 Å². The Morgan fingerprint density at radius 1 is 0.677 bits per heavy atom. The summed E-state index contributed by atoms with van der Waals surface area (Å²) in [5.74, 6) is 2.01.